The van der Waals surface area contributed by atoms with Crippen LogP contribution in [0, 0.1) is 29.6 Å². The summed E-state index contributed by atoms with van der Waals surface area (Å²) in [4.78, 5) is 24.9. The third-order valence-electron chi connectivity index (χ3n) is 7.61. The minimum absolute atomic E-state index is 0.0401. The van der Waals surface area contributed by atoms with E-state index in [1.54, 1.807) is 6.92 Å². The smallest absolute Gasteiger partial charge is 0.342 e. The van der Waals surface area contributed by atoms with Crippen LogP contribution in [0.1, 0.15) is 62.4 Å². The maximum absolute atomic E-state index is 13.0. The number of fused-ring (bicyclic) bond motifs is 3. The molecule has 2 fully saturated rings. The van der Waals surface area contributed by atoms with Crippen molar-refractivity contribution in [1.29, 1.82) is 0 Å². The molecular weight excluding hydrogens is 404 g/mol. The summed E-state index contributed by atoms with van der Waals surface area (Å²) < 4.78 is 10.9. The number of aldehydes is 1. The van der Waals surface area contributed by atoms with Crippen LogP contribution in [0.2, 0.25) is 5.02 Å². The Morgan fingerprint density at radius 3 is 2.60 bits per heavy atom. The van der Waals surface area contributed by atoms with Gasteiger partial charge >= 0.3 is 5.97 Å². The van der Waals surface area contributed by atoms with Gasteiger partial charge in [0.2, 0.25) is 0 Å². The Kier molecular flexibility index (Phi) is 4.96. The van der Waals surface area contributed by atoms with Gasteiger partial charge in [-0.1, -0.05) is 32.4 Å². The van der Waals surface area contributed by atoms with Crippen molar-refractivity contribution in [2.24, 2.45) is 22.7 Å². The van der Waals surface area contributed by atoms with Crippen LogP contribution in [0.5, 0.6) is 11.5 Å². The van der Waals surface area contributed by atoms with Gasteiger partial charge in [0.15, 0.2) is 0 Å². The van der Waals surface area contributed by atoms with Crippen LogP contribution in [0.15, 0.2) is 17.2 Å². The number of carbonyl (C=O) groups is 2. The molecule has 2 saturated carbocycles. The maximum Gasteiger partial charge on any atom is 0.342 e. The fourth-order valence-electron chi connectivity index (χ4n) is 6.36. The first-order valence-electron chi connectivity index (χ1n) is 10.5. The molecule has 1 N–H and O–H groups in total. The second kappa shape index (κ2) is 7.01. The van der Waals surface area contributed by atoms with Gasteiger partial charge in [0.05, 0.1) is 12.1 Å². The van der Waals surface area contributed by atoms with Crippen LogP contribution in [-0.4, -0.2) is 30.6 Å². The summed E-state index contributed by atoms with van der Waals surface area (Å²) in [5.41, 5.74) is 2.37. The van der Waals surface area contributed by atoms with Crippen molar-refractivity contribution < 1.29 is 24.2 Å². The summed E-state index contributed by atoms with van der Waals surface area (Å²) >= 11 is 6.27. The Balaban J connectivity index is 1.62. The van der Waals surface area contributed by atoms with E-state index in [4.69, 9.17) is 21.1 Å². The second-order valence-corrected chi connectivity index (χ2v) is 10.5. The van der Waals surface area contributed by atoms with Crippen LogP contribution in [0.25, 0.3) is 0 Å². The zero-order chi connectivity index (χ0) is 22.0. The molecule has 3 aliphatic carbocycles. The van der Waals surface area contributed by atoms with E-state index in [9.17, 15) is 14.7 Å². The first kappa shape index (κ1) is 21.2. The van der Waals surface area contributed by atoms with Gasteiger partial charge in [0.1, 0.15) is 29.5 Å². The van der Waals surface area contributed by atoms with E-state index in [-0.39, 0.29) is 27.2 Å². The Morgan fingerprint density at radius 2 is 1.97 bits per heavy atom. The lowest BCUT2D eigenvalue weighted by Gasteiger charge is -2.56. The largest absolute Gasteiger partial charge is 0.507 e. The number of rotatable bonds is 4. The minimum Gasteiger partial charge on any atom is -0.507 e. The van der Waals surface area contributed by atoms with Gasteiger partial charge in [-0.05, 0) is 72.0 Å². The molecule has 162 valence electrons. The Labute approximate surface area is 182 Å². The normalized spacial score (nSPS) is 31.5. The van der Waals surface area contributed by atoms with Crippen molar-refractivity contribution in [1.82, 2.24) is 0 Å². The molecule has 0 bridgehead atoms. The Bertz CT molecular complexity index is 963. The van der Waals surface area contributed by atoms with Crippen LogP contribution in [0.3, 0.4) is 0 Å². The van der Waals surface area contributed by atoms with Crippen molar-refractivity contribution >= 4 is 23.9 Å². The fourth-order valence-corrected chi connectivity index (χ4v) is 6.59. The number of allylic oxidation sites excluding steroid dienone is 1. The van der Waals surface area contributed by atoms with E-state index >= 15 is 0 Å². The molecular formula is C24H29ClO5. The lowest BCUT2D eigenvalue weighted by atomic mass is 9.50. The van der Waals surface area contributed by atoms with Crippen molar-refractivity contribution in [3.8, 4) is 11.5 Å². The predicted octanol–water partition coefficient (Wildman–Crippen LogP) is 5.25. The van der Waals surface area contributed by atoms with E-state index in [0.29, 0.717) is 29.6 Å². The highest BCUT2D eigenvalue weighted by atomic mass is 35.5. The number of halogens is 1. The highest BCUT2D eigenvalue weighted by Gasteiger charge is 2.61. The number of carbonyl (C=O) groups excluding carboxylic acids is 2. The zero-order valence-corrected chi connectivity index (χ0v) is 18.9. The molecule has 1 aromatic carbocycles. The molecule has 0 unspecified atom stereocenters. The molecule has 4 rings (SSSR count). The number of ether oxygens (including phenoxy) is 2. The van der Waals surface area contributed by atoms with E-state index in [1.165, 1.54) is 13.2 Å². The van der Waals surface area contributed by atoms with Gasteiger partial charge in [0, 0.05) is 6.07 Å². The summed E-state index contributed by atoms with van der Waals surface area (Å²) in [6.45, 7) is 8.45. The van der Waals surface area contributed by atoms with E-state index in [2.05, 4.69) is 20.8 Å². The summed E-state index contributed by atoms with van der Waals surface area (Å²) in [5.74, 6) is 0.455. The topological polar surface area (TPSA) is 72.8 Å². The third-order valence-corrected chi connectivity index (χ3v) is 8.08. The first-order valence-corrected chi connectivity index (χ1v) is 10.9. The lowest BCUT2D eigenvalue weighted by molar-refractivity contribution is -0.106. The summed E-state index contributed by atoms with van der Waals surface area (Å²) in [5, 5.41) is 10.6. The molecule has 5 nitrogen and oxygen atoms in total. The van der Waals surface area contributed by atoms with E-state index in [1.807, 2.05) is 0 Å². The van der Waals surface area contributed by atoms with Crippen LogP contribution >= 0.6 is 11.6 Å². The van der Waals surface area contributed by atoms with Gasteiger partial charge < -0.3 is 14.6 Å². The Morgan fingerprint density at radius 1 is 1.27 bits per heavy atom. The van der Waals surface area contributed by atoms with Gasteiger partial charge in [0.25, 0.3) is 0 Å². The SMILES string of the molecule is COc1cc(O)c(C(=O)O[C@@H]2C[C@@]3(C)C2=C(C=O)C[C@@H]2CC(C)(C)C[C@@H]23)c(C)c1Cl. The molecule has 0 spiro atoms. The number of methoxy groups -OCH3 is 1. The van der Waals surface area contributed by atoms with Crippen LogP contribution in [0.4, 0.5) is 0 Å². The highest BCUT2D eigenvalue weighted by Crippen LogP contribution is 2.66. The first-order chi connectivity index (χ1) is 14.0. The number of phenols is 1. The quantitative estimate of drug-likeness (QED) is 0.519. The van der Waals surface area contributed by atoms with Crippen LogP contribution < -0.4 is 4.74 Å². The van der Waals surface area contributed by atoms with E-state index in [0.717, 1.165) is 36.7 Å². The molecule has 0 heterocycles. The van der Waals surface area contributed by atoms with Gasteiger partial charge in [-0.3, -0.25) is 4.79 Å². The minimum atomic E-state index is -0.631. The van der Waals surface area contributed by atoms with Crippen LogP contribution in [-0.2, 0) is 9.53 Å². The number of phenolic OH excluding ortho intramolecular Hbond substituents is 1. The molecule has 0 amide bonds. The van der Waals surface area contributed by atoms with Crippen molar-refractivity contribution in [2.45, 2.75) is 59.5 Å². The number of hydrogen-bond acceptors (Lipinski definition) is 5. The molecule has 3 aliphatic rings. The molecule has 0 aromatic heterocycles. The fraction of sp³-hybridized carbons (Fsp3) is 0.583. The standard InChI is InChI=1S/C24H29ClO5/c1-12-19(16(27)7-17(29-5)21(12)25)22(28)30-18-10-24(4)15-9-23(2,3)8-13(15)6-14(11-26)20(18)24/h7,11,13,15,18,27H,6,8-10H2,1-5H3/t13-,15+,18-,24-/m1/s1. The van der Waals surface area contributed by atoms with Gasteiger partial charge in [-0.25, -0.2) is 4.79 Å². The van der Waals surface area contributed by atoms with Gasteiger partial charge in [-0.15, -0.1) is 0 Å². The average Bonchev–Trinajstić information content (AvgIpc) is 2.97. The van der Waals surface area contributed by atoms with Gasteiger partial charge in [-0.2, -0.15) is 0 Å². The summed E-state index contributed by atoms with van der Waals surface area (Å²) in [7, 11) is 1.45. The van der Waals surface area contributed by atoms with E-state index < -0.39 is 12.1 Å². The lowest BCUT2D eigenvalue weighted by Crippen LogP contribution is -2.53. The molecule has 1 aromatic rings. The molecule has 0 radical (unpaired) electrons. The van der Waals surface area contributed by atoms with Crippen molar-refractivity contribution in [2.75, 3.05) is 7.11 Å². The second-order valence-electron chi connectivity index (χ2n) is 10.1. The molecule has 0 aliphatic heterocycles. The highest BCUT2D eigenvalue weighted by molar-refractivity contribution is 6.33. The third kappa shape index (κ3) is 3.05. The molecule has 6 heteroatoms. The maximum atomic E-state index is 13.0. The monoisotopic (exact) mass is 432 g/mol. The molecule has 4 atom stereocenters. The average molecular weight is 433 g/mol. The zero-order valence-electron chi connectivity index (χ0n) is 18.2. The summed E-state index contributed by atoms with van der Waals surface area (Å²) in [6.07, 6.45) is 4.22. The number of hydrogen-bond donors (Lipinski definition) is 1. The number of benzene rings is 1. The predicted molar refractivity (Wildman–Crippen MR) is 114 cm³/mol. The van der Waals surface area contributed by atoms with Crippen molar-refractivity contribution in [3.63, 3.8) is 0 Å². The summed E-state index contributed by atoms with van der Waals surface area (Å²) in [6, 6.07) is 1.32. The molecule has 0 saturated heterocycles. The number of esters is 1. The Hall–Kier alpha value is -2.01. The van der Waals surface area contributed by atoms with Crippen molar-refractivity contribution in [3.05, 3.63) is 33.4 Å². The molecule has 30 heavy (non-hydrogen) atoms. The number of aromatic hydroxyl groups is 1.